The van der Waals surface area contributed by atoms with Crippen molar-refractivity contribution < 1.29 is 0 Å². The summed E-state index contributed by atoms with van der Waals surface area (Å²) < 4.78 is 2.28. The molecule has 0 amide bonds. The second-order valence-electron chi connectivity index (χ2n) is 4.18. The molecule has 1 atom stereocenters. The Morgan fingerprint density at radius 2 is 2.11 bits per heavy atom. The Morgan fingerprint density at radius 3 is 2.78 bits per heavy atom. The van der Waals surface area contributed by atoms with Crippen molar-refractivity contribution in [3.05, 3.63) is 55.1 Å². The molecule has 1 unspecified atom stereocenters. The minimum absolute atomic E-state index is 0.372. The molecule has 1 heterocycles. The number of rotatable bonds is 5. The van der Waals surface area contributed by atoms with E-state index in [-0.39, 0.29) is 0 Å². The van der Waals surface area contributed by atoms with Crippen LogP contribution in [0.3, 0.4) is 0 Å². The molecule has 0 aliphatic heterocycles. The Hall–Kier alpha value is -0.160. The monoisotopic (exact) mass is 387 g/mol. The maximum atomic E-state index is 3.63. The molecule has 0 saturated heterocycles. The highest BCUT2D eigenvalue weighted by molar-refractivity contribution is 9.11. The standard InChI is InChI=1S/C14H15Br2NS/c1-17-14(5-2-10-6-7-18-9-10)12-8-11(15)3-4-13(12)16/h3-4,6-9,14,17H,2,5H2,1H3. The third-order valence-electron chi connectivity index (χ3n) is 2.98. The number of nitrogens with one attached hydrogen (secondary N) is 1. The summed E-state index contributed by atoms with van der Waals surface area (Å²) in [6, 6.07) is 8.90. The van der Waals surface area contributed by atoms with E-state index in [1.807, 2.05) is 7.05 Å². The van der Waals surface area contributed by atoms with Gasteiger partial charge in [0.1, 0.15) is 0 Å². The Balaban J connectivity index is 2.10. The van der Waals surface area contributed by atoms with Crippen molar-refractivity contribution >= 4 is 43.2 Å². The van der Waals surface area contributed by atoms with Crippen LogP contribution < -0.4 is 5.32 Å². The first-order valence-electron chi connectivity index (χ1n) is 5.84. The molecule has 2 aromatic rings. The van der Waals surface area contributed by atoms with E-state index in [0.29, 0.717) is 6.04 Å². The minimum atomic E-state index is 0.372. The summed E-state index contributed by atoms with van der Waals surface area (Å²) in [6.45, 7) is 0. The van der Waals surface area contributed by atoms with Gasteiger partial charge in [0, 0.05) is 15.0 Å². The van der Waals surface area contributed by atoms with Crippen molar-refractivity contribution in [1.29, 1.82) is 0 Å². The van der Waals surface area contributed by atoms with Gasteiger partial charge in [-0.25, -0.2) is 0 Å². The van der Waals surface area contributed by atoms with E-state index in [1.165, 1.54) is 11.1 Å². The van der Waals surface area contributed by atoms with Crippen molar-refractivity contribution in [3.63, 3.8) is 0 Å². The molecule has 1 N–H and O–H groups in total. The molecule has 4 heteroatoms. The van der Waals surface area contributed by atoms with Crippen LogP contribution in [0.2, 0.25) is 0 Å². The smallest absolute Gasteiger partial charge is 0.0332 e. The van der Waals surface area contributed by atoms with Crippen LogP contribution in [-0.4, -0.2) is 7.05 Å². The van der Waals surface area contributed by atoms with Gasteiger partial charge in [0.25, 0.3) is 0 Å². The lowest BCUT2D eigenvalue weighted by atomic mass is 10.0. The lowest BCUT2D eigenvalue weighted by Crippen LogP contribution is -2.17. The molecule has 2 rings (SSSR count). The maximum Gasteiger partial charge on any atom is 0.0332 e. The Kier molecular flexibility index (Phi) is 5.42. The fourth-order valence-electron chi connectivity index (χ4n) is 1.98. The average molecular weight is 389 g/mol. The molecular weight excluding hydrogens is 374 g/mol. The molecule has 96 valence electrons. The van der Waals surface area contributed by atoms with Crippen LogP contribution in [0.1, 0.15) is 23.6 Å². The number of thiophene rings is 1. The van der Waals surface area contributed by atoms with E-state index >= 15 is 0 Å². The first kappa shape index (κ1) is 14.3. The van der Waals surface area contributed by atoms with Crippen molar-refractivity contribution in [2.24, 2.45) is 0 Å². The van der Waals surface area contributed by atoms with Gasteiger partial charge in [-0.2, -0.15) is 11.3 Å². The molecule has 1 aromatic carbocycles. The van der Waals surface area contributed by atoms with Crippen LogP contribution in [0.25, 0.3) is 0 Å². The molecule has 1 nitrogen and oxygen atoms in total. The van der Waals surface area contributed by atoms with Gasteiger partial charge in [-0.3, -0.25) is 0 Å². The van der Waals surface area contributed by atoms with Gasteiger partial charge < -0.3 is 5.32 Å². The van der Waals surface area contributed by atoms with E-state index in [4.69, 9.17) is 0 Å². The van der Waals surface area contributed by atoms with Crippen LogP contribution in [-0.2, 0) is 6.42 Å². The zero-order valence-corrected chi connectivity index (χ0v) is 14.1. The zero-order chi connectivity index (χ0) is 13.0. The molecule has 0 saturated carbocycles. The summed E-state index contributed by atoms with van der Waals surface area (Å²) in [5.41, 5.74) is 2.73. The number of aryl methyl sites for hydroxylation is 1. The van der Waals surface area contributed by atoms with E-state index in [1.54, 1.807) is 11.3 Å². The lowest BCUT2D eigenvalue weighted by Gasteiger charge is -2.18. The van der Waals surface area contributed by atoms with Crippen molar-refractivity contribution in [1.82, 2.24) is 5.32 Å². The van der Waals surface area contributed by atoms with Gasteiger partial charge in [0.15, 0.2) is 0 Å². The highest BCUT2D eigenvalue weighted by atomic mass is 79.9. The molecule has 0 aliphatic carbocycles. The highest BCUT2D eigenvalue weighted by Gasteiger charge is 2.13. The maximum absolute atomic E-state index is 3.63. The van der Waals surface area contributed by atoms with Crippen molar-refractivity contribution in [2.75, 3.05) is 7.05 Å². The van der Waals surface area contributed by atoms with Crippen LogP contribution >= 0.6 is 43.2 Å². The number of benzene rings is 1. The quantitative estimate of drug-likeness (QED) is 0.745. The van der Waals surface area contributed by atoms with Crippen LogP contribution in [0.4, 0.5) is 0 Å². The Labute approximate surface area is 129 Å². The SMILES string of the molecule is CNC(CCc1ccsc1)c1cc(Br)ccc1Br. The topological polar surface area (TPSA) is 12.0 Å². The summed E-state index contributed by atoms with van der Waals surface area (Å²) in [5.74, 6) is 0. The molecule has 0 radical (unpaired) electrons. The Morgan fingerprint density at radius 1 is 1.28 bits per heavy atom. The van der Waals surface area contributed by atoms with Crippen LogP contribution in [0, 0.1) is 0 Å². The minimum Gasteiger partial charge on any atom is -0.313 e. The molecule has 0 fully saturated rings. The molecule has 0 aliphatic rings. The first-order chi connectivity index (χ1) is 8.70. The van der Waals surface area contributed by atoms with Gasteiger partial charge in [-0.15, -0.1) is 0 Å². The van der Waals surface area contributed by atoms with Crippen LogP contribution in [0.5, 0.6) is 0 Å². The van der Waals surface area contributed by atoms with E-state index < -0.39 is 0 Å². The molecule has 0 bridgehead atoms. The fourth-order valence-corrected chi connectivity index (χ4v) is 3.59. The van der Waals surface area contributed by atoms with Gasteiger partial charge in [0.05, 0.1) is 0 Å². The number of hydrogen-bond acceptors (Lipinski definition) is 2. The molecule has 18 heavy (non-hydrogen) atoms. The number of hydrogen-bond donors (Lipinski definition) is 1. The lowest BCUT2D eigenvalue weighted by molar-refractivity contribution is 0.547. The van der Waals surface area contributed by atoms with Crippen molar-refractivity contribution in [3.8, 4) is 0 Å². The predicted molar refractivity (Wildman–Crippen MR) is 86.3 cm³/mol. The third kappa shape index (κ3) is 3.67. The third-order valence-corrected chi connectivity index (χ3v) is 4.93. The fraction of sp³-hybridized carbons (Fsp3) is 0.286. The highest BCUT2D eigenvalue weighted by Crippen LogP contribution is 2.29. The number of halogens is 2. The first-order valence-corrected chi connectivity index (χ1v) is 8.37. The van der Waals surface area contributed by atoms with Gasteiger partial charge in [-0.05, 0) is 66.0 Å². The van der Waals surface area contributed by atoms with Crippen molar-refractivity contribution in [2.45, 2.75) is 18.9 Å². The summed E-state index contributed by atoms with van der Waals surface area (Å²) in [7, 11) is 2.02. The Bertz CT molecular complexity index is 497. The van der Waals surface area contributed by atoms with E-state index in [9.17, 15) is 0 Å². The summed E-state index contributed by atoms with van der Waals surface area (Å²) in [4.78, 5) is 0. The zero-order valence-electron chi connectivity index (χ0n) is 10.1. The second kappa shape index (κ2) is 6.85. The molecule has 0 spiro atoms. The summed E-state index contributed by atoms with van der Waals surface area (Å²) in [5, 5.41) is 7.76. The van der Waals surface area contributed by atoms with Gasteiger partial charge in [-0.1, -0.05) is 31.9 Å². The second-order valence-corrected chi connectivity index (χ2v) is 6.73. The van der Waals surface area contributed by atoms with Crippen LogP contribution in [0.15, 0.2) is 44.0 Å². The largest absolute Gasteiger partial charge is 0.313 e. The summed E-state index contributed by atoms with van der Waals surface area (Å²) >= 11 is 8.93. The molecular formula is C14H15Br2NS. The molecule has 1 aromatic heterocycles. The van der Waals surface area contributed by atoms with Gasteiger partial charge >= 0.3 is 0 Å². The summed E-state index contributed by atoms with van der Waals surface area (Å²) in [6.07, 6.45) is 2.20. The van der Waals surface area contributed by atoms with Gasteiger partial charge in [0.2, 0.25) is 0 Å². The van der Waals surface area contributed by atoms with E-state index in [2.05, 4.69) is 72.2 Å². The van der Waals surface area contributed by atoms with E-state index in [0.717, 1.165) is 21.8 Å². The normalized spacial score (nSPS) is 12.6. The average Bonchev–Trinajstić information content (AvgIpc) is 2.87. The predicted octanol–water partition coefficient (Wildman–Crippen LogP) is 5.17.